The molecule has 1 amide bonds. The van der Waals surface area contributed by atoms with Crippen LogP contribution in [0.15, 0.2) is 41.5 Å². The first-order valence-electron chi connectivity index (χ1n) is 7.65. The molecule has 2 aromatic carbocycles. The van der Waals surface area contributed by atoms with Crippen molar-refractivity contribution in [3.05, 3.63) is 72.7 Å². The summed E-state index contributed by atoms with van der Waals surface area (Å²) in [6.07, 6.45) is 1.21. The Hall–Kier alpha value is -2.97. The van der Waals surface area contributed by atoms with Gasteiger partial charge in [0.15, 0.2) is 0 Å². The maximum Gasteiger partial charge on any atom is 0.274 e. The number of fused-ring (bicyclic) bond motifs is 1. The number of benzene rings is 2. The van der Waals surface area contributed by atoms with Gasteiger partial charge in [-0.3, -0.25) is 24.3 Å². The van der Waals surface area contributed by atoms with Crippen LogP contribution in [0.25, 0.3) is 10.9 Å². The molecule has 0 fully saturated rings. The number of anilines is 1. The average molecular weight is 407 g/mol. The fourth-order valence-corrected chi connectivity index (χ4v) is 3.09. The Kier molecular flexibility index (Phi) is 5.11. The zero-order valence-corrected chi connectivity index (χ0v) is 15.4. The van der Waals surface area contributed by atoms with Gasteiger partial charge in [-0.05, 0) is 25.1 Å². The maximum atomic E-state index is 12.5. The summed E-state index contributed by atoms with van der Waals surface area (Å²) in [6.45, 7) is 1.27. The number of carbonyl (C=O) groups excluding carboxylic acids is 1. The highest BCUT2D eigenvalue weighted by Gasteiger charge is 2.14. The highest BCUT2D eigenvalue weighted by molar-refractivity contribution is 6.38. The molecule has 0 bridgehead atoms. The second kappa shape index (κ2) is 7.34. The number of hydrogen-bond acceptors (Lipinski definition) is 5. The van der Waals surface area contributed by atoms with Crippen molar-refractivity contribution < 1.29 is 9.72 Å². The molecule has 3 rings (SSSR count). The molecule has 10 heteroatoms. The van der Waals surface area contributed by atoms with E-state index in [1.54, 1.807) is 13.0 Å². The van der Waals surface area contributed by atoms with Crippen molar-refractivity contribution in [1.29, 1.82) is 0 Å². The zero-order valence-electron chi connectivity index (χ0n) is 13.9. The number of carbonyl (C=O) groups is 1. The van der Waals surface area contributed by atoms with E-state index in [1.165, 1.54) is 30.6 Å². The molecule has 27 heavy (non-hydrogen) atoms. The minimum atomic E-state index is -0.537. The highest BCUT2D eigenvalue weighted by Crippen LogP contribution is 2.24. The first-order chi connectivity index (χ1) is 12.8. The van der Waals surface area contributed by atoms with Crippen LogP contribution in [0.4, 0.5) is 11.4 Å². The van der Waals surface area contributed by atoms with Crippen LogP contribution >= 0.6 is 23.2 Å². The summed E-state index contributed by atoms with van der Waals surface area (Å²) in [5, 5.41) is 14.2. The van der Waals surface area contributed by atoms with Gasteiger partial charge in [0, 0.05) is 22.3 Å². The summed E-state index contributed by atoms with van der Waals surface area (Å²) < 4.78 is 1.10. The number of rotatable bonds is 4. The number of aryl methyl sites for hydroxylation is 1. The maximum absolute atomic E-state index is 12.5. The molecule has 3 aromatic rings. The van der Waals surface area contributed by atoms with Crippen LogP contribution in [-0.4, -0.2) is 20.4 Å². The van der Waals surface area contributed by atoms with E-state index in [0.29, 0.717) is 5.56 Å². The fraction of sp³-hybridized carbons (Fsp3) is 0.118. The number of nitro groups is 1. The summed E-state index contributed by atoms with van der Waals surface area (Å²) in [5.74, 6) is -0.537. The lowest BCUT2D eigenvalue weighted by molar-refractivity contribution is -0.385. The predicted molar refractivity (Wildman–Crippen MR) is 102 cm³/mol. The third kappa shape index (κ3) is 3.91. The molecule has 8 nitrogen and oxygen atoms in total. The molecule has 1 heterocycles. The van der Waals surface area contributed by atoms with Gasteiger partial charge in [-0.1, -0.05) is 29.3 Å². The molecule has 0 aliphatic heterocycles. The standard InChI is InChI=1S/C17H12Cl2N4O4/c1-9-2-3-11(6-14(9)23(26)27)21-15(24)7-22-8-20-16-12(17(22)25)4-10(18)5-13(16)19/h2-6,8H,7H2,1H3,(H,21,24). The number of nitrogens with one attached hydrogen (secondary N) is 1. The van der Waals surface area contributed by atoms with E-state index in [0.717, 1.165) is 4.57 Å². The summed E-state index contributed by atoms with van der Waals surface area (Å²) in [5.41, 5.74) is 0.430. The molecule has 0 aliphatic carbocycles. The van der Waals surface area contributed by atoms with E-state index in [4.69, 9.17) is 23.2 Å². The quantitative estimate of drug-likeness (QED) is 0.526. The van der Waals surface area contributed by atoms with Crippen LogP contribution in [0.1, 0.15) is 5.56 Å². The fourth-order valence-electron chi connectivity index (χ4n) is 2.55. The Labute approximate surface area is 162 Å². The van der Waals surface area contributed by atoms with Crippen molar-refractivity contribution in [1.82, 2.24) is 9.55 Å². The SMILES string of the molecule is Cc1ccc(NC(=O)Cn2cnc3c(Cl)cc(Cl)cc3c2=O)cc1[N+](=O)[O-]. The lowest BCUT2D eigenvalue weighted by Crippen LogP contribution is -2.28. The summed E-state index contributed by atoms with van der Waals surface area (Å²) >= 11 is 11.9. The molecule has 0 unspecified atom stereocenters. The minimum absolute atomic E-state index is 0.110. The first kappa shape index (κ1) is 18.8. The lowest BCUT2D eigenvalue weighted by Gasteiger charge is -2.09. The topological polar surface area (TPSA) is 107 Å². The van der Waals surface area contributed by atoms with Crippen LogP contribution in [0, 0.1) is 17.0 Å². The van der Waals surface area contributed by atoms with Gasteiger partial charge in [-0.2, -0.15) is 0 Å². The van der Waals surface area contributed by atoms with Gasteiger partial charge in [0.05, 0.1) is 27.2 Å². The van der Waals surface area contributed by atoms with Crippen LogP contribution < -0.4 is 10.9 Å². The Bertz CT molecular complexity index is 1140. The van der Waals surface area contributed by atoms with E-state index < -0.39 is 16.4 Å². The summed E-state index contributed by atoms with van der Waals surface area (Å²) in [7, 11) is 0. The smallest absolute Gasteiger partial charge is 0.274 e. The molecule has 0 saturated carbocycles. The average Bonchev–Trinajstić information content (AvgIpc) is 2.59. The number of halogens is 2. The predicted octanol–water partition coefficient (Wildman–Crippen LogP) is 3.56. The minimum Gasteiger partial charge on any atom is -0.324 e. The normalized spacial score (nSPS) is 10.8. The zero-order chi connectivity index (χ0) is 19.7. The molecular formula is C17H12Cl2N4O4. The van der Waals surface area contributed by atoms with Crippen LogP contribution in [0.3, 0.4) is 0 Å². The van der Waals surface area contributed by atoms with Crippen molar-refractivity contribution in [3.63, 3.8) is 0 Å². The van der Waals surface area contributed by atoms with Crippen molar-refractivity contribution in [3.8, 4) is 0 Å². The third-order valence-corrected chi connectivity index (χ3v) is 4.36. The molecule has 1 aromatic heterocycles. The molecule has 138 valence electrons. The van der Waals surface area contributed by atoms with Crippen LogP contribution in [0.5, 0.6) is 0 Å². The highest BCUT2D eigenvalue weighted by atomic mass is 35.5. The molecule has 0 spiro atoms. The first-order valence-corrected chi connectivity index (χ1v) is 8.41. The molecular weight excluding hydrogens is 395 g/mol. The largest absolute Gasteiger partial charge is 0.324 e. The van der Waals surface area contributed by atoms with Crippen molar-refractivity contribution in [2.75, 3.05) is 5.32 Å². The van der Waals surface area contributed by atoms with Crippen LogP contribution in [0.2, 0.25) is 10.0 Å². The Morgan fingerprint density at radius 1 is 1.30 bits per heavy atom. The van der Waals surface area contributed by atoms with Crippen molar-refractivity contribution in [2.45, 2.75) is 13.5 Å². The molecule has 1 N–H and O–H groups in total. The van der Waals surface area contributed by atoms with E-state index in [9.17, 15) is 19.7 Å². The Balaban J connectivity index is 1.87. The second-order valence-corrected chi connectivity index (χ2v) is 6.61. The number of aromatic nitrogens is 2. The molecule has 0 saturated heterocycles. The molecule has 0 radical (unpaired) electrons. The van der Waals surface area contributed by atoms with Gasteiger partial charge in [0.25, 0.3) is 11.2 Å². The number of nitrogens with zero attached hydrogens (tertiary/aromatic N) is 3. The second-order valence-electron chi connectivity index (χ2n) is 5.77. The van der Waals surface area contributed by atoms with Gasteiger partial charge in [0.2, 0.25) is 5.91 Å². The number of hydrogen-bond donors (Lipinski definition) is 1. The lowest BCUT2D eigenvalue weighted by atomic mass is 10.2. The van der Waals surface area contributed by atoms with E-state index in [-0.39, 0.29) is 38.9 Å². The van der Waals surface area contributed by atoms with Gasteiger partial charge in [0.1, 0.15) is 6.54 Å². The van der Waals surface area contributed by atoms with Gasteiger partial charge >= 0.3 is 0 Å². The Morgan fingerprint density at radius 3 is 2.74 bits per heavy atom. The van der Waals surface area contributed by atoms with Gasteiger partial charge < -0.3 is 5.32 Å². The van der Waals surface area contributed by atoms with E-state index >= 15 is 0 Å². The van der Waals surface area contributed by atoms with Crippen molar-refractivity contribution in [2.24, 2.45) is 0 Å². The third-order valence-electron chi connectivity index (χ3n) is 3.85. The monoisotopic (exact) mass is 406 g/mol. The van der Waals surface area contributed by atoms with Gasteiger partial charge in [-0.15, -0.1) is 0 Å². The molecule has 0 aliphatic rings. The Morgan fingerprint density at radius 2 is 2.04 bits per heavy atom. The molecule has 0 atom stereocenters. The van der Waals surface area contributed by atoms with E-state index in [1.807, 2.05) is 0 Å². The summed E-state index contributed by atoms with van der Waals surface area (Å²) in [6, 6.07) is 7.23. The van der Waals surface area contributed by atoms with Crippen molar-refractivity contribution >= 4 is 51.4 Å². The number of amides is 1. The van der Waals surface area contributed by atoms with Crippen LogP contribution in [-0.2, 0) is 11.3 Å². The summed E-state index contributed by atoms with van der Waals surface area (Å²) in [4.78, 5) is 39.4. The van der Waals surface area contributed by atoms with E-state index in [2.05, 4.69) is 10.3 Å². The van der Waals surface area contributed by atoms with Gasteiger partial charge in [-0.25, -0.2) is 4.98 Å². The number of nitro benzene ring substituents is 1.